The van der Waals surface area contributed by atoms with Gasteiger partial charge < -0.3 is 0 Å². The van der Waals surface area contributed by atoms with E-state index in [9.17, 15) is 0 Å². The van der Waals surface area contributed by atoms with E-state index in [0.29, 0.717) is 0 Å². The first-order chi connectivity index (χ1) is 15.9. The third kappa shape index (κ3) is 17.7. The molecule has 0 saturated carbocycles. The summed E-state index contributed by atoms with van der Waals surface area (Å²) in [6.45, 7) is 5.80. The van der Waals surface area contributed by atoms with Crippen LogP contribution in [0.15, 0.2) is 24.4 Å². The van der Waals surface area contributed by atoms with Gasteiger partial charge in [0.1, 0.15) is 6.54 Å². The molecule has 1 nitrogen and oxygen atoms in total. The first kappa shape index (κ1) is 29.2. The van der Waals surface area contributed by atoms with Crippen molar-refractivity contribution in [1.29, 1.82) is 0 Å². The predicted octanol–water partition coefficient (Wildman–Crippen LogP) is 10.1. The molecule has 1 aromatic heterocycles. The number of nitrogens with zero attached hydrogens (tertiary/aromatic N) is 1. The van der Waals surface area contributed by atoms with Gasteiger partial charge in [-0.2, -0.15) is 0 Å². The lowest BCUT2D eigenvalue weighted by Gasteiger charge is -2.05. The number of hydrogen-bond donors (Lipinski definition) is 0. The minimum atomic E-state index is 1.21. The van der Waals surface area contributed by atoms with Crippen LogP contribution >= 0.6 is 0 Å². The molecule has 0 aromatic carbocycles. The summed E-state index contributed by atoms with van der Waals surface area (Å²) in [5.41, 5.74) is 1.55. The van der Waals surface area contributed by atoms with Crippen molar-refractivity contribution >= 4 is 0 Å². The van der Waals surface area contributed by atoms with Gasteiger partial charge in [0.25, 0.3) is 0 Å². The summed E-state index contributed by atoms with van der Waals surface area (Å²) >= 11 is 0. The van der Waals surface area contributed by atoms with Crippen LogP contribution in [-0.4, -0.2) is 0 Å². The second kappa shape index (κ2) is 23.3. The van der Waals surface area contributed by atoms with E-state index in [1.165, 1.54) is 154 Å². The number of unbranched alkanes of at least 4 members (excludes halogenated alkanes) is 20. The highest BCUT2D eigenvalue weighted by Gasteiger charge is 2.08. The summed E-state index contributed by atoms with van der Waals surface area (Å²) in [7, 11) is 0. The van der Waals surface area contributed by atoms with Crippen molar-refractivity contribution in [2.45, 2.75) is 168 Å². The zero-order chi connectivity index (χ0) is 23.0. The Morgan fingerprint density at radius 3 is 1.34 bits per heavy atom. The maximum atomic E-state index is 2.51. The van der Waals surface area contributed by atoms with Gasteiger partial charge in [-0.15, -0.1) is 0 Å². The average molecular weight is 445 g/mol. The zero-order valence-corrected chi connectivity index (χ0v) is 22.2. The Kier molecular flexibility index (Phi) is 21.3. The lowest BCUT2D eigenvalue weighted by atomic mass is 10.0. The molecule has 0 N–H and O–H groups in total. The molecule has 0 bridgehead atoms. The SMILES string of the molecule is CCCCCCCCCCCCCCCCCCCc1cccc[n+]1CCCCCCC. The van der Waals surface area contributed by atoms with Gasteiger partial charge in [-0.25, -0.2) is 4.57 Å². The van der Waals surface area contributed by atoms with E-state index in [0.717, 1.165) is 0 Å². The highest BCUT2D eigenvalue weighted by atomic mass is 14.9. The van der Waals surface area contributed by atoms with Gasteiger partial charge in [-0.1, -0.05) is 142 Å². The monoisotopic (exact) mass is 444 g/mol. The van der Waals surface area contributed by atoms with Crippen LogP contribution in [0, 0.1) is 0 Å². The van der Waals surface area contributed by atoms with E-state index >= 15 is 0 Å². The Hall–Kier alpha value is -0.850. The normalized spacial score (nSPS) is 11.3. The van der Waals surface area contributed by atoms with Crippen molar-refractivity contribution in [3.63, 3.8) is 0 Å². The minimum absolute atomic E-state index is 1.21. The van der Waals surface area contributed by atoms with E-state index in [2.05, 4.69) is 42.8 Å². The number of pyridine rings is 1. The maximum Gasteiger partial charge on any atom is 0.181 e. The Balaban J connectivity index is 1.89. The van der Waals surface area contributed by atoms with Crippen LogP contribution in [-0.2, 0) is 13.0 Å². The zero-order valence-electron chi connectivity index (χ0n) is 22.2. The fourth-order valence-corrected chi connectivity index (χ4v) is 4.87. The molecule has 0 radical (unpaired) electrons. The molecule has 1 aromatic rings. The van der Waals surface area contributed by atoms with Crippen molar-refractivity contribution in [3.05, 3.63) is 30.1 Å². The van der Waals surface area contributed by atoms with Crippen molar-refractivity contribution in [2.75, 3.05) is 0 Å². The fraction of sp³-hybridized carbons (Fsp3) is 0.839. The Morgan fingerprint density at radius 1 is 0.469 bits per heavy atom. The topological polar surface area (TPSA) is 3.88 Å². The Morgan fingerprint density at radius 2 is 0.875 bits per heavy atom. The van der Waals surface area contributed by atoms with Crippen molar-refractivity contribution in [2.24, 2.45) is 0 Å². The first-order valence-electron chi connectivity index (χ1n) is 14.9. The highest BCUT2D eigenvalue weighted by molar-refractivity contribution is 4.97. The molecule has 0 aliphatic heterocycles. The van der Waals surface area contributed by atoms with E-state index in [1.54, 1.807) is 5.69 Å². The molecule has 0 unspecified atom stereocenters. The van der Waals surface area contributed by atoms with Gasteiger partial charge in [0.15, 0.2) is 11.9 Å². The van der Waals surface area contributed by atoms with E-state index < -0.39 is 0 Å². The third-order valence-corrected chi connectivity index (χ3v) is 7.07. The Bertz CT molecular complexity index is 495. The van der Waals surface area contributed by atoms with Crippen LogP contribution in [0.2, 0.25) is 0 Å². The molecule has 0 spiro atoms. The summed E-state index contributed by atoms with van der Waals surface area (Å²) < 4.78 is 2.51. The van der Waals surface area contributed by atoms with Gasteiger partial charge in [-0.05, 0) is 12.8 Å². The summed E-state index contributed by atoms with van der Waals surface area (Å²) in [6.07, 6.45) is 35.0. The summed E-state index contributed by atoms with van der Waals surface area (Å²) in [6, 6.07) is 6.76. The Labute approximate surface area is 202 Å². The summed E-state index contributed by atoms with van der Waals surface area (Å²) in [5.74, 6) is 0. The number of aromatic nitrogens is 1. The molecule has 186 valence electrons. The molecule has 1 heteroatoms. The molecule has 0 amide bonds. The molecule has 0 saturated heterocycles. The second-order valence-electron chi connectivity index (χ2n) is 10.2. The van der Waals surface area contributed by atoms with Crippen LogP contribution < -0.4 is 4.57 Å². The highest BCUT2D eigenvalue weighted by Crippen LogP contribution is 2.14. The standard InChI is InChI=1S/C31H58N/c1-3-5-7-9-10-11-12-13-14-15-16-17-18-19-20-21-23-27-31-28-24-26-30-32(31)29-25-22-8-6-4-2/h24,26,28,30H,3-23,25,27,29H2,1-2H3/q+1. The lowest BCUT2D eigenvalue weighted by Crippen LogP contribution is -2.37. The van der Waals surface area contributed by atoms with Crippen molar-refractivity contribution < 1.29 is 4.57 Å². The van der Waals surface area contributed by atoms with Crippen LogP contribution in [0.3, 0.4) is 0 Å². The molecule has 1 heterocycles. The smallest absolute Gasteiger partial charge is 0.181 e. The van der Waals surface area contributed by atoms with Gasteiger partial charge >= 0.3 is 0 Å². The van der Waals surface area contributed by atoms with Gasteiger partial charge in [0, 0.05) is 25.0 Å². The lowest BCUT2D eigenvalue weighted by molar-refractivity contribution is -0.704. The minimum Gasteiger partial charge on any atom is -0.202 e. The van der Waals surface area contributed by atoms with Crippen molar-refractivity contribution in [3.8, 4) is 0 Å². The van der Waals surface area contributed by atoms with Crippen molar-refractivity contribution in [1.82, 2.24) is 0 Å². The van der Waals surface area contributed by atoms with Crippen LogP contribution in [0.4, 0.5) is 0 Å². The van der Waals surface area contributed by atoms with Gasteiger partial charge in [-0.3, -0.25) is 0 Å². The quantitative estimate of drug-likeness (QED) is 0.110. The van der Waals surface area contributed by atoms with Gasteiger partial charge in [0.05, 0.1) is 0 Å². The third-order valence-electron chi connectivity index (χ3n) is 7.07. The van der Waals surface area contributed by atoms with Gasteiger partial charge in [0.2, 0.25) is 0 Å². The molecule has 32 heavy (non-hydrogen) atoms. The van der Waals surface area contributed by atoms with E-state index in [1.807, 2.05) is 0 Å². The van der Waals surface area contributed by atoms with E-state index in [-0.39, 0.29) is 0 Å². The van der Waals surface area contributed by atoms with E-state index in [4.69, 9.17) is 0 Å². The largest absolute Gasteiger partial charge is 0.202 e. The fourth-order valence-electron chi connectivity index (χ4n) is 4.87. The number of aryl methyl sites for hydroxylation is 2. The molecule has 0 fully saturated rings. The van der Waals surface area contributed by atoms with Crippen LogP contribution in [0.25, 0.3) is 0 Å². The first-order valence-corrected chi connectivity index (χ1v) is 14.9. The summed E-state index contributed by atoms with van der Waals surface area (Å²) in [5, 5.41) is 0. The van der Waals surface area contributed by atoms with Crippen LogP contribution in [0.5, 0.6) is 0 Å². The predicted molar refractivity (Wildman–Crippen MR) is 143 cm³/mol. The number of hydrogen-bond acceptors (Lipinski definition) is 0. The average Bonchev–Trinajstić information content (AvgIpc) is 2.81. The van der Waals surface area contributed by atoms with Crippen LogP contribution in [0.1, 0.15) is 161 Å². The molecular weight excluding hydrogens is 386 g/mol. The number of rotatable bonds is 24. The molecule has 0 atom stereocenters. The molecule has 0 aliphatic rings. The molecular formula is C31H58N+. The maximum absolute atomic E-state index is 2.51. The molecule has 0 aliphatic carbocycles. The second-order valence-corrected chi connectivity index (χ2v) is 10.2. The molecule has 1 rings (SSSR count). The summed E-state index contributed by atoms with van der Waals surface area (Å²) in [4.78, 5) is 0.